The second-order valence-corrected chi connectivity index (χ2v) is 6.44. The number of aromatic nitrogens is 2. The van der Waals surface area contributed by atoms with Crippen LogP contribution in [0, 0.1) is 19.7 Å². The molecule has 25 heavy (non-hydrogen) atoms. The summed E-state index contributed by atoms with van der Waals surface area (Å²) in [5.41, 5.74) is 2.18. The van der Waals surface area contributed by atoms with Gasteiger partial charge in [-0.3, -0.25) is 9.69 Å². The van der Waals surface area contributed by atoms with Crippen molar-refractivity contribution < 1.29 is 9.18 Å². The highest BCUT2D eigenvalue weighted by Gasteiger charge is 2.24. The monoisotopic (exact) mass is 342 g/mol. The van der Waals surface area contributed by atoms with Gasteiger partial charge in [-0.1, -0.05) is 12.1 Å². The smallest absolute Gasteiger partial charge is 0.254 e. The number of nitrogens with one attached hydrogen (secondary N) is 1. The SMILES string of the molecule is Cc1ncc(C(=O)NCC(c2ccc(F)cc2)N2CCCC2)c(C)n1. The number of hydrogen-bond acceptors (Lipinski definition) is 4. The van der Waals surface area contributed by atoms with Gasteiger partial charge in [-0.05, 0) is 57.5 Å². The van der Waals surface area contributed by atoms with Gasteiger partial charge in [0.05, 0.1) is 17.3 Å². The Morgan fingerprint density at radius 3 is 2.56 bits per heavy atom. The highest BCUT2D eigenvalue weighted by molar-refractivity contribution is 5.94. The van der Waals surface area contributed by atoms with Gasteiger partial charge in [0.15, 0.2) is 0 Å². The van der Waals surface area contributed by atoms with E-state index in [1.165, 1.54) is 12.1 Å². The molecule has 0 saturated carbocycles. The highest BCUT2D eigenvalue weighted by atomic mass is 19.1. The molecule has 1 amide bonds. The van der Waals surface area contributed by atoms with Crippen molar-refractivity contribution in [2.45, 2.75) is 32.7 Å². The molecule has 0 spiro atoms. The van der Waals surface area contributed by atoms with Crippen LogP contribution in [0.5, 0.6) is 0 Å². The van der Waals surface area contributed by atoms with Gasteiger partial charge >= 0.3 is 0 Å². The molecule has 3 rings (SSSR count). The number of benzene rings is 1. The molecule has 5 nitrogen and oxygen atoms in total. The van der Waals surface area contributed by atoms with Crippen LogP contribution in [-0.4, -0.2) is 40.4 Å². The molecule has 1 fully saturated rings. The Bertz CT molecular complexity index is 742. The fourth-order valence-electron chi connectivity index (χ4n) is 3.29. The van der Waals surface area contributed by atoms with Crippen molar-refractivity contribution >= 4 is 5.91 Å². The predicted octanol–water partition coefficient (Wildman–Crippen LogP) is 2.80. The molecule has 1 aliphatic rings. The van der Waals surface area contributed by atoms with E-state index in [0.29, 0.717) is 23.6 Å². The van der Waals surface area contributed by atoms with Gasteiger partial charge in [-0.25, -0.2) is 14.4 Å². The number of likely N-dealkylation sites (tertiary alicyclic amines) is 1. The predicted molar refractivity (Wildman–Crippen MR) is 93.8 cm³/mol. The summed E-state index contributed by atoms with van der Waals surface area (Å²) in [5, 5.41) is 2.99. The molecule has 1 aliphatic heterocycles. The Hall–Kier alpha value is -2.34. The van der Waals surface area contributed by atoms with Crippen LogP contribution < -0.4 is 5.32 Å². The third kappa shape index (κ3) is 4.20. The Morgan fingerprint density at radius 1 is 1.24 bits per heavy atom. The number of rotatable bonds is 5. The van der Waals surface area contributed by atoms with Gasteiger partial charge in [-0.15, -0.1) is 0 Å². The minimum Gasteiger partial charge on any atom is -0.350 e. The summed E-state index contributed by atoms with van der Waals surface area (Å²) in [6, 6.07) is 6.57. The largest absolute Gasteiger partial charge is 0.350 e. The third-order valence-electron chi connectivity index (χ3n) is 4.64. The molecule has 1 saturated heterocycles. The molecule has 2 aromatic rings. The van der Waals surface area contributed by atoms with Crippen LogP contribution in [0.2, 0.25) is 0 Å². The fourth-order valence-corrected chi connectivity index (χ4v) is 3.29. The summed E-state index contributed by atoms with van der Waals surface area (Å²) in [6.45, 7) is 6.06. The van der Waals surface area contributed by atoms with E-state index in [-0.39, 0.29) is 17.8 Å². The van der Waals surface area contributed by atoms with Crippen molar-refractivity contribution in [2.75, 3.05) is 19.6 Å². The van der Waals surface area contributed by atoms with Crippen LogP contribution in [0.1, 0.15) is 46.3 Å². The molecule has 1 unspecified atom stereocenters. The highest BCUT2D eigenvalue weighted by Crippen LogP contribution is 2.25. The van der Waals surface area contributed by atoms with Crippen molar-refractivity contribution in [3.8, 4) is 0 Å². The molecule has 132 valence electrons. The summed E-state index contributed by atoms with van der Waals surface area (Å²) < 4.78 is 13.2. The number of nitrogens with zero attached hydrogens (tertiary/aromatic N) is 3. The van der Waals surface area contributed by atoms with Crippen LogP contribution in [0.3, 0.4) is 0 Å². The average molecular weight is 342 g/mol. The summed E-state index contributed by atoms with van der Waals surface area (Å²) in [7, 11) is 0. The second-order valence-electron chi connectivity index (χ2n) is 6.44. The summed E-state index contributed by atoms with van der Waals surface area (Å²) in [6.07, 6.45) is 3.86. The normalized spacial score (nSPS) is 16.0. The lowest BCUT2D eigenvalue weighted by atomic mass is 10.1. The topological polar surface area (TPSA) is 58.1 Å². The number of carbonyl (C=O) groups excluding carboxylic acids is 1. The van der Waals surface area contributed by atoms with Crippen molar-refractivity contribution in [3.63, 3.8) is 0 Å². The van der Waals surface area contributed by atoms with E-state index < -0.39 is 0 Å². The second kappa shape index (κ2) is 7.70. The van der Waals surface area contributed by atoms with E-state index in [2.05, 4.69) is 20.2 Å². The van der Waals surface area contributed by atoms with E-state index in [1.807, 2.05) is 6.92 Å². The van der Waals surface area contributed by atoms with Crippen molar-refractivity contribution in [1.29, 1.82) is 0 Å². The Morgan fingerprint density at radius 2 is 1.92 bits per heavy atom. The average Bonchev–Trinajstić information content (AvgIpc) is 3.10. The summed E-state index contributed by atoms with van der Waals surface area (Å²) in [5.74, 6) is 0.222. The van der Waals surface area contributed by atoms with Crippen LogP contribution in [0.15, 0.2) is 30.5 Å². The molecule has 0 bridgehead atoms. The van der Waals surface area contributed by atoms with E-state index in [1.54, 1.807) is 25.3 Å². The molecule has 1 aromatic carbocycles. The molecular formula is C19H23FN4O. The van der Waals surface area contributed by atoms with Crippen LogP contribution in [0.25, 0.3) is 0 Å². The fraction of sp³-hybridized carbons (Fsp3) is 0.421. The summed E-state index contributed by atoms with van der Waals surface area (Å²) in [4.78, 5) is 23.2. The molecule has 6 heteroatoms. The first-order valence-electron chi connectivity index (χ1n) is 8.62. The quantitative estimate of drug-likeness (QED) is 0.908. The lowest BCUT2D eigenvalue weighted by Gasteiger charge is -2.28. The van der Waals surface area contributed by atoms with Crippen LogP contribution in [-0.2, 0) is 0 Å². The van der Waals surface area contributed by atoms with Gasteiger partial charge in [0, 0.05) is 12.7 Å². The minimum absolute atomic E-state index is 0.0405. The zero-order valence-corrected chi connectivity index (χ0v) is 14.6. The number of aryl methyl sites for hydroxylation is 2. The maximum Gasteiger partial charge on any atom is 0.254 e. The zero-order valence-electron chi connectivity index (χ0n) is 14.6. The Kier molecular flexibility index (Phi) is 5.38. The Labute approximate surface area is 147 Å². The molecule has 1 N–H and O–H groups in total. The van der Waals surface area contributed by atoms with E-state index >= 15 is 0 Å². The molecule has 0 radical (unpaired) electrons. The van der Waals surface area contributed by atoms with Gasteiger partial charge in [-0.2, -0.15) is 0 Å². The van der Waals surface area contributed by atoms with E-state index in [4.69, 9.17) is 0 Å². The number of carbonyl (C=O) groups is 1. The lowest BCUT2D eigenvalue weighted by molar-refractivity contribution is 0.0936. The lowest BCUT2D eigenvalue weighted by Crippen LogP contribution is -2.37. The molecule has 1 atom stereocenters. The van der Waals surface area contributed by atoms with Crippen LogP contribution >= 0.6 is 0 Å². The summed E-state index contributed by atoms with van der Waals surface area (Å²) >= 11 is 0. The molecular weight excluding hydrogens is 319 g/mol. The van der Waals surface area contributed by atoms with Gasteiger partial charge < -0.3 is 5.32 Å². The number of hydrogen-bond donors (Lipinski definition) is 1. The minimum atomic E-state index is -0.250. The maximum atomic E-state index is 13.2. The van der Waals surface area contributed by atoms with Gasteiger partial charge in [0.1, 0.15) is 11.6 Å². The van der Waals surface area contributed by atoms with Gasteiger partial charge in [0.2, 0.25) is 0 Å². The van der Waals surface area contributed by atoms with Crippen molar-refractivity contribution in [3.05, 3.63) is 58.9 Å². The first kappa shape index (κ1) is 17.5. The van der Waals surface area contributed by atoms with E-state index in [9.17, 15) is 9.18 Å². The van der Waals surface area contributed by atoms with E-state index in [0.717, 1.165) is 31.5 Å². The zero-order chi connectivity index (χ0) is 17.8. The van der Waals surface area contributed by atoms with Crippen molar-refractivity contribution in [2.24, 2.45) is 0 Å². The maximum absolute atomic E-state index is 13.2. The van der Waals surface area contributed by atoms with Crippen molar-refractivity contribution in [1.82, 2.24) is 20.2 Å². The molecule has 0 aliphatic carbocycles. The van der Waals surface area contributed by atoms with Crippen LogP contribution in [0.4, 0.5) is 4.39 Å². The molecule has 2 heterocycles. The number of halogens is 1. The third-order valence-corrected chi connectivity index (χ3v) is 4.64. The number of amides is 1. The first-order valence-corrected chi connectivity index (χ1v) is 8.62. The molecule has 1 aromatic heterocycles. The first-order chi connectivity index (χ1) is 12.0. The standard InChI is InChI=1S/C19H23FN4O/c1-13-17(11-21-14(2)23-13)19(25)22-12-18(24-9-3-4-10-24)15-5-7-16(20)8-6-15/h5-8,11,18H,3-4,9-10,12H2,1-2H3,(H,22,25). The Balaban J connectivity index is 1.73. The van der Waals surface area contributed by atoms with Gasteiger partial charge in [0.25, 0.3) is 5.91 Å².